The van der Waals surface area contributed by atoms with E-state index in [0.717, 1.165) is 16.9 Å². The molecule has 144 valence electrons. The number of H-pyrrole nitrogens is 1. The summed E-state index contributed by atoms with van der Waals surface area (Å²) < 4.78 is 0. The number of nitrogens with zero attached hydrogens (tertiary/aromatic N) is 1. The first-order chi connectivity index (χ1) is 14.0. The van der Waals surface area contributed by atoms with Crippen LogP contribution in [0.25, 0.3) is 22.4 Å². The average molecular weight is 424 g/mol. The molecule has 4 rings (SSSR count). The minimum Gasteiger partial charge on any atom is -0.478 e. The van der Waals surface area contributed by atoms with E-state index >= 15 is 0 Å². The fourth-order valence-electron chi connectivity index (χ4n) is 2.96. The van der Waals surface area contributed by atoms with Crippen LogP contribution in [0.2, 0.25) is 5.02 Å². The molecule has 29 heavy (non-hydrogen) atoms. The Morgan fingerprint density at radius 2 is 1.76 bits per heavy atom. The van der Waals surface area contributed by atoms with Gasteiger partial charge in [-0.15, -0.1) is 11.3 Å². The zero-order chi connectivity index (χ0) is 20.4. The van der Waals surface area contributed by atoms with Crippen LogP contribution >= 0.6 is 22.9 Å². The summed E-state index contributed by atoms with van der Waals surface area (Å²) in [7, 11) is 0. The van der Waals surface area contributed by atoms with E-state index in [-0.39, 0.29) is 10.6 Å². The predicted octanol–water partition coefficient (Wildman–Crippen LogP) is 5.41. The molecule has 2 heterocycles. The lowest BCUT2D eigenvalue weighted by Crippen LogP contribution is -2.14. The van der Waals surface area contributed by atoms with Crippen LogP contribution in [0.4, 0.5) is 5.00 Å². The first-order valence-corrected chi connectivity index (χ1v) is 9.81. The number of aromatic carboxylic acids is 1. The maximum absolute atomic E-state index is 12.9. The van der Waals surface area contributed by atoms with Gasteiger partial charge >= 0.3 is 5.97 Å². The van der Waals surface area contributed by atoms with Crippen molar-refractivity contribution in [3.63, 3.8) is 0 Å². The van der Waals surface area contributed by atoms with Crippen LogP contribution in [0.3, 0.4) is 0 Å². The summed E-state index contributed by atoms with van der Waals surface area (Å²) >= 11 is 7.07. The van der Waals surface area contributed by atoms with E-state index in [1.54, 1.807) is 29.6 Å². The van der Waals surface area contributed by atoms with Gasteiger partial charge in [0.15, 0.2) is 0 Å². The molecule has 0 radical (unpaired) electrons. The number of anilines is 1. The van der Waals surface area contributed by atoms with Gasteiger partial charge in [0.1, 0.15) is 10.6 Å². The van der Waals surface area contributed by atoms with Crippen LogP contribution in [-0.4, -0.2) is 27.2 Å². The third-order valence-electron chi connectivity index (χ3n) is 4.33. The molecule has 0 aliphatic heterocycles. The molecular formula is C21H14ClN3O3S. The highest BCUT2D eigenvalue weighted by atomic mass is 35.5. The molecule has 6 nitrogen and oxygen atoms in total. The average Bonchev–Trinajstić information content (AvgIpc) is 3.36. The van der Waals surface area contributed by atoms with E-state index in [0.29, 0.717) is 27.4 Å². The summed E-state index contributed by atoms with van der Waals surface area (Å²) in [4.78, 5) is 24.8. The van der Waals surface area contributed by atoms with E-state index in [1.807, 2.05) is 30.3 Å². The maximum atomic E-state index is 12.9. The number of carbonyl (C=O) groups excluding carboxylic acids is 1. The van der Waals surface area contributed by atoms with Crippen molar-refractivity contribution in [3.05, 3.63) is 82.3 Å². The van der Waals surface area contributed by atoms with Crippen molar-refractivity contribution >= 4 is 39.8 Å². The zero-order valence-electron chi connectivity index (χ0n) is 14.8. The van der Waals surface area contributed by atoms with Crippen LogP contribution in [0, 0.1) is 0 Å². The standard InChI is InChI=1S/C21H14ClN3O3S/c22-14-8-6-12(7-9-14)16-11-29-20(17(16)21(27)28)24-19(26)15-10-23-25-18(15)13-4-2-1-3-5-13/h1-11H,(H,23,25)(H,24,26)(H,27,28). The maximum Gasteiger partial charge on any atom is 0.339 e. The molecule has 0 aliphatic rings. The first kappa shape index (κ1) is 18.9. The number of halogens is 1. The lowest BCUT2D eigenvalue weighted by molar-refractivity contribution is 0.0699. The van der Waals surface area contributed by atoms with Crippen molar-refractivity contribution in [1.82, 2.24) is 10.2 Å². The van der Waals surface area contributed by atoms with Crippen molar-refractivity contribution in [2.75, 3.05) is 5.32 Å². The van der Waals surface area contributed by atoms with Gasteiger partial charge in [0.25, 0.3) is 5.91 Å². The van der Waals surface area contributed by atoms with Gasteiger partial charge in [0.2, 0.25) is 0 Å². The zero-order valence-corrected chi connectivity index (χ0v) is 16.4. The Bertz CT molecular complexity index is 1180. The van der Waals surface area contributed by atoms with Gasteiger partial charge in [-0.25, -0.2) is 4.79 Å². The molecule has 2 aromatic carbocycles. The molecule has 4 aromatic rings. The minimum absolute atomic E-state index is 0.0374. The summed E-state index contributed by atoms with van der Waals surface area (Å²) in [5, 5.41) is 21.8. The fraction of sp³-hybridized carbons (Fsp3) is 0. The van der Waals surface area contributed by atoms with Gasteiger partial charge in [-0.3, -0.25) is 9.89 Å². The normalized spacial score (nSPS) is 10.7. The number of carboxylic acids is 1. The molecule has 8 heteroatoms. The van der Waals surface area contributed by atoms with Crippen molar-refractivity contribution in [3.8, 4) is 22.4 Å². The van der Waals surface area contributed by atoms with Crippen molar-refractivity contribution < 1.29 is 14.7 Å². The van der Waals surface area contributed by atoms with Crippen LogP contribution < -0.4 is 5.32 Å². The van der Waals surface area contributed by atoms with Crippen LogP contribution in [0.5, 0.6) is 0 Å². The topological polar surface area (TPSA) is 95.1 Å². The number of aromatic amines is 1. The van der Waals surface area contributed by atoms with Gasteiger partial charge in [0.05, 0.1) is 17.5 Å². The monoisotopic (exact) mass is 423 g/mol. The van der Waals surface area contributed by atoms with Crippen molar-refractivity contribution in [2.24, 2.45) is 0 Å². The number of hydrogen-bond donors (Lipinski definition) is 3. The van der Waals surface area contributed by atoms with E-state index in [9.17, 15) is 14.7 Å². The van der Waals surface area contributed by atoms with E-state index in [2.05, 4.69) is 15.5 Å². The molecule has 0 aliphatic carbocycles. The lowest BCUT2D eigenvalue weighted by Gasteiger charge is -2.07. The summed E-state index contributed by atoms with van der Waals surface area (Å²) in [6.07, 6.45) is 1.42. The Hall–Kier alpha value is -3.42. The number of benzene rings is 2. The molecule has 0 spiro atoms. The Labute approximate surface area is 174 Å². The van der Waals surface area contributed by atoms with Gasteiger partial charge in [-0.1, -0.05) is 54.1 Å². The SMILES string of the molecule is O=C(Nc1scc(-c2ccc(Cl)cc2)c1C(=O)O)c1cn[nH]c1-c1ccccc1. The predicted molar refractivity (Wildman–Crippen MR) is 114 cm³/mol. The number of amides is 1. The second-order valence-electron chi connectivity index (χ2n) is 6.14. The highest BCUT2D eigenvalue weighted by Crippen LogP contribution is 2.36. The smallest absolute Gasteiger partial charge is 0.339 e. The third kappa shape index (κ3) is 3.78. The molecular weight excluding hydrogens is 410 g/mol. The Morgan fingerprint density at radius 1 is 1.03 bits per heavy atom. The Balaban J connectivity index is 1.67. The molecule has 0 bridgehead atoms. The minimum atomic E-state index is -1.12. The van der Waals surface area contributed by atoms with Crippen molar-refractivity contribution in [1.29, 1.82) is 0 Å². The van der Waals surface area contributed by atoms with Gasteiger partial charge in [0, 0.05) is 21.5 Å². The quantitative estimate of drug-likeness (QED) is 0.400. The van der Waals surface area contributed by atoms with Gasteiger partial charge in [-0.05, 0) is 17.7 Å². The summed E-state index contributed by atoms with van der Waals surface area (Å²) in [5.74, 6) is -1.56. The number of thiophene rings is 1. The number of hydrogen-bond acceptors (Lipinski definition) is 4. The Kier molecular flexibility index (Phi) is 5.16. The van der Waals surface area contributed by atoms with Crippen molar-refractivity contribution in [2.45, 2.75) is 0 Å². The fourth-order valence-corrected chi connectivity index (χ4v) is 4.04. The second kappa shape index (κ2) is 7.90. The molecule has 1 amide bonds. The first-order valence-electron chi connectivity index (χ1n) is 8.55. The van der Waals surface area contributed by atoms with Crippen LogP contribution in [0.15, 0.2) is 66.2 Å². The molecule has 0 unspecified atom stereocenters. The second-order valence-corrected chi connectivity index (χ2v) is 7.46. The van der Waals surface area contributed by atoms with Gasteiger partial charge in [-0.2, -0.15) is 5.10 Å². The summed E-state index contributed by atoms with van der Waals surface area (Å²) in [5.41, 5.74) is 2.96. The molecule has 0 saturated heterocycles. The molecule has 0 saturated carbocycles. The molecule has 3 N–H and O–H groups in total. The Morgan fingerprint density at radius 3 is 2.45 bits per heavy atom. The van der Waals surface area contributed by atoms with E-state index in [1.165, 1.54) is 6.20 Å². The highest BCUT2D eigenvalue weighted by molar-refractivity contribution is 7.15. The lowest BCUT2D eigenvalue weighted by atomic mass is 10.0. The largest absolute Gasteiger partial charge is 0.478 e. The highest BCUT2D eigenvalue weighted by Gasteiger charge is 2.23. The summed E-state index contributed by atoms with van der Waals surface area (Å²) in [6.45, 7) is 0. The molecule has 0 atom stereocenters. The number of aromatic nitrogens is 2. The van der Waals surface area contributed by atoms with Crippen LogP contribution in [0.1, 0.15) is 20.7 Å². The van der Waals surface area contributed by atoms with Crippen LogP contribution in [-0.2, 0) is 0 Å². The number of carbonyl (C=O) groups is 2. The van der Waals surface area contributed by atoms with Gasteiger partial charge < -0.3 is 10.4 Å². The molecule has 2 aromatic heterocycles. The number of rotatable bonds is 5. The molecule has 0 fully saturated rings. The third-order valence-corrected chi connectivity index (χ3v) is 5.48. The number of carboxylic acid groups (broad SMARTS) is 1. The number of nitrogens with one attached hydrogen (secondary N) is 2. The van der Waals surface area contributed by atoms with E-state index in [4.69, 9.17) is 11.6 Å². The summed E-state index contributed by atoms with van der Waals surface area (Å²) in [6, 6.07) is 16.2. The van der Waals surface area contributed by atoms with E-state index < -0.39 is 11.9 Å².